The molecule has 1 aromatic carbocycles. The van der Waals surface area contributed by atoms with Gasteiger partial charge in [-0.15, -0.1) is 0 Å². The summed E-state index contributed by atoms with van der Waals surface area (Å²) in [5.41, 5.74) is 2.41. The van der Waals surface area contributed by atoms with Gasteiger partial charge in [0.1, 0.15) is 22.8 Å². The van der Waals surface area contributed by atoms with Crippen molar-refractivity contribution in [3.63, 3.8) is 0 Å². The zero-order valence-electron chi connectivity index (χ0n) is 16.4. The number of amides is 1. The summed E-state index contributed by atoms with van der Waals surface area (Å²) in [6, 6.07) is 3.62. The normalized spacial score (nSPS) is 30.9. The van der Waals surface area contributed by atoms with E-state index in [0.29, 0.717) is 12.0 Å². The number of fused-ring (bicyclic) bond motifs is 3. The summed E-state index contributed by atoms with van der Waals surface area (Å²) in [7, 11) is 3.12. The molecule has 158 valence electrons. The first-order valence-electron chi connectivity index (χ1n) is 9.47. The van der Waals surface area contributed by atoms with Gasteiger partial charge in [0.05, 0.1) is 11.6 Å². The summed E-state index contributed by atoms with van der Waals surface area (Å²) < 4.78 is 0. The Balaban J connectivity index is 1.98. The molecule has 9 nitrogen and oxygen atoms in total. The number of hydrogen-bond donors (Lipinski definition) is 5. The van der Waals surface area contributed by atoms with Crippen LogP contribution in [0.5, 0.6) is 5.75 Å². The maximum absolute atomic E-state index is 13.5. The highest BCUT2D eigenvalue weighted by Gasteiger charge is 2.64. The molecule has 0 saturated heterocycles. The fourth-order valence-corrected chi connectivity index (χ4v) is 5.18. The summed E-state index contributed by atoms with van der Waals surface area (Å²) in [6.45, 7) is 0. The molecule has 30 heavy (non-hydrogen) atoms. The van der Waals surface area contributed by atoms with E-state index in [2.05, 4.69) is 0 Å². The molecule has 3 unspecified atom stereocenters. The molecule has 6 N–H and O–H groups in total. The van der Waals surface area contributed by atoms with Crippen LogP contribution in [-0.4, -0.2) is 68.5 Å². The van der Waals surface area contributed by atoms with Crippen LogP contribution in [-0.2, 0) is 20.8 Å². The third-order valence-corrected chi connectivity index (χ3v) is 6.46. The van der Waals surface area contributed by atoms with Crippen LogP contribution in [0.25, 0.3) is 5.76 Å². The fourth-order valence-electron chi connectivity index (χ4n) is 5.18. The number of aliphatic hydroxyl groups is 3. The lowest BCUT2D eigenvalue weighted by Gasteiger charge is -2.50. The van der Waals surface area contributed by atoms with Gasteiger partial charge >= 0.3 is 0 Å². The summed E-state index contributed by atoms with van der Waals surface area (Å²) in [6.07, 6.45) is 0.379. The lowest BCUT2D eigenvalue weighted by atomic mass is 9.57. The number of phenols is 1. The molecule has 4 atom stereocenters. The van der Waals surface area contributed by atoms with Gasteiger partial charge in [-0.25, -0.2) is 0 Å². The van der Waals surface area contributed by atoms with E-state index in [1.807, 2.05) is 0 Å². The lowest BCUT2D eigenvalue weighted by molar-refractivity contribution is -0.153. The molecule has 0 bridgehead atoms. The molecule has 1 saturated carbocycles. The quantitative estimate of drug-likeness (QED) is 0.421. The Morgan fingerprint density at radius 1 is 1.20 bits per heavy atom. The lowest BCUT2D eigenvalue weighted by Crippen LogP contribution is -2.65. The smallest absolute Gasteiger partial charge is 0.255 e. The first-order chi connectivity index (χ1) is 14.0. The van der Waals surface area contributed by atoms with Crippen LogP contribution in [0, 0.1) is 11.8 Å². The molecule has 1 aromatic rings. The fraction of sp³-hybridized carbons (Fsp3) is 0.381. The van der Waals surface area contributed by atoms with Gasteiger partial charge in [-0.05, 0) is 44.5 Å². The Hall–Kier alpha value is -3.17. The van der Waals surface area contributed by atoms with Gasteiger partial charge in [0.25, 0.3) is 5.91 Å². The minimum absolute atomic E-state index is 0.0847. The number of Topliss-reactive ketones (excluding diaryl/α,β-unsaturated/α-hetero) is 2. The number of ketones is 2. The van der Waals surface area contributed by atoms with E-state index in [4.69, 9.17) is 5.73 Å². The molecule has 0 heterocycles. The number of carbonyl (C=O) groups excluding carboxylic acids is 3. The number of hydrogen-bond acceptors (Lipinski definition) is 8. The molecule has 3 aliphatic rings. The predicted molar refractivity (Wildman–Crippen MR) is 104 cm³/mol. The van der Waals surface area contributed by atoms with Crippen LogP contribution in [0.3, 0.4) is 0 Å². The van der Waals surface area contributed by atoms with Crippen LogP contribution in [0.15, 0.2) is 35.1 Å². The number of aromatic hydroxyl groups is 1. The molecule has 0 radical (unpaired) electrons. The highest BCUT2D eigenvalue weighted by Crippen LogP contribution is 2.52. The van der Waals surface area contributed by atoms with Gasteiger partial charge in [-0.3, -0.25) is 19.3 Å². The van der Waals surface area contributed by atoms with Crippen LogP contribution >= 0.6 is 0 Å². The molecule has 3 aliphatic carbocycles. The Kier molecular flexibility index (Phi) is 4.30. The van der Waals surface area contributed by atoms with Gasteiger partial charge in [0.2, 0.25) is 5.78 Å². The van der Waals surface area contributed by atoms with Gasteiger partial charge < -0.3 is 26.2 Å². The highest BCUT2D eigenvalue weighted by molar-refractivity contribution is 6.24. The minimum Gasteiger partial charge on any atom is -0.508 e. The van der Waals surface area contributed by atoms with Crippen molar-refractivity contribution in [1.29, 1.82) is 0 Å². The van der Waals surface area contributed by atoms with Crippen molar-refractivity contribution >= 4 is 23.2 Å². The molecule has 1 amide bonds. The molecule has 0 spiro atoms. The Morgan fingerprint density at radius 2 is 1.87 bits per heavy atom. The SMILES string of the molecule is CN(C)C1C(=O)C(C(N)=O)=C(O)[C@@]2(O)C(=O)C3=C(O)c4c(O)cccc4CC3CC12. The maximum atomic E-state index is 13.5. The predicted octanol–water partition coefficient (Wildman–Crippen LogP) is -0.0360. The van der Waals surface area contributed by atoms with E-state index < -0.39 is 58.0 Å². The highest BCUT2D eigenvalue weighted by atomic mass is 16.3. The van der Waals surface area contributed by atoms with E-state index in [1.165, 1.54) is 11.0 Å². The first-order valence-corrected chi connectivity index (χ1v) is 9.47. The molecule has 1 fully saturated rings. The van der Waals surface area contributed by atoms with Crippen molar-refractivity contribution in [1.82, 2.24) is 4.90 Å². The first kappa shape index (κ1) is 20.1. The molecule has 9 heteroatoms. The molecule has 0 aliphatic heterocycles. The van der Waals surface area contributed by atoms with Crippen molar-refractivity contribution in [2.45, 2.75) is 24.5 Å². The van der Waals surface area contributed by atoms with Crippen LogP contribution in [0.2, 0.25) is 0 Å². The van der Waals surface area contributed by atoms with Crippen molar-refractivity contribution in [3.05, 3.63) is 46.2 Å². The summed E-state index contributed by atoms with van der Waals surface area (Å²) in [5.74, 6) is -6.43. The van der Waals surface area contributed by atoms with Gasteiger partial charge in [0.15, 0.2) is 11.4 Å². The number of carbonyl (C=O) groups is 3. The van der Waals surface area contributed by atoms with E-state index in [9.17, 15) is 34.8 Å². The minimum atomic E-state index is -2.60. The van der Waals surface area contributed by atoms with Crippen molar-refractivity contribution < 1.29 is 34.8 Å². The summed E-state index contributed by atoms with van der Waals surface area (Å²) >= 11 is 0. The van der Waals surface area contributed by atoms with Crippen molar-refractivity contribution in [2.75, 3.05) is 14.1 Å². The molecular weight excluding hydrogens is 392 g/mol. The van der Waals surface area contributed by atoms with Crippen molar-refractivity contribution in [2.24, 2.45) is 17.6 Å². The maximum Gasteiger partial charge on any atom is 0.255 e. The Bertz CT molecular complexity index is 1070. The summed E-state index contributed by atoms with van der Waals surface area (Å²) in [4.78, 5) is 39.7. The zero-order chi connectivity index (χ0) is 22.1. The number of aliphatic hydroxyl groups excluding tert-OH is 2. The zero-order valence-corrected chi connectivity index (χ0v) is 16.4. The number of benzene rings is 1. The molecule has 0 aromatic heterocycles. The average Bonchev–Trinajstić information content (AvgIpc) is 2.64. The standard InChI is InChI=1S/C21H22N2O7/c1-23(2)15-10-7-9-6-8-4-3-5-11(24)12(8)16(25)13(9)18(27)21(10,30)19(28)14(17(15)26)20(22)29/h3-5,9-10,15,24-25,28,30H,6-7H2,1-2H3,(H2,22,29)/t9?,10?,15?,21-/m0/s1. The third kappa shape index (κ3) is 2.39. The number of nitrogens with zero attached hydrogens (tertiary/aromatic N) is 1. The molecule has 4 rings (SSSR count). The summed E-state index contributed by atoms with van der Waals surface area (Å²) in [5, 5.41) is 43.1. The second-order valence-electron chi connectivity index (χ2n) is 8.27. The van der Waals surface area contributed by atoms with Crippen LogP contribution < -0.4 is 5.73 Å². The van der Waals surface area contributed by atoms with Gasteiger partial charge in [-0.1, -0.05) is 12.1 Å². The topological polar surface area (TPSA) is 161 Å². The number of likely N-dealkylation sites (N-methyl/N-ethyl adjacent to an activating group) is 1. The number of phenolic OH excluding ortho intramolecular Hbond substituents is 1. The Labute approximate surface area is 171 Å². The third-order valence-electron chi connectivity index (χ3n) is 6.46. The van der Waals surface area contributed by atoms with E-state index in [1.54, 1.807) is 26.2 Å². The Morgan fingerprint density at radius 3 is 2.47 bits per heavy atom. The number of nitrogens with two attached hydrogens (primary N) is 1. The second-order valence-corrected chi connectivity index (χ2v) is 8.27. The van der Waals surface area contributed by atoms with E-state index in [0.717, 1.165) is 0 Å². The number of rotatable bonds is 2. The van der Waals surface area contributed by atoms with E-state index >= 15 is 0 Å². The van der Waals surface area contributed by atoms with Crippen LogP contribution in [0.4, 0.5) is 0 Å². The monoisotopic (exact) mass is 414 g/mol. The van der Waals surface area contributed by atoms with Crippen LogP contribution in [0.1, 0.15) is 17.5 Å². The van der Waals surface area contributed by atoms with Gasteiger partial charge in [0, 0.05) is 11.5 Å². The average molecular weight is 414 g/mol. The largest absolute Gasteiger partial charge is 0.508 e. The number of primary amides is 1. The van der Waals surface area contributed by atoms with E-state index in [-0.39, 0.29) is 23.3 Å². The van der Waals surface area contributed by atoms with Gasteiger partial charge in [-0.2, -0.15) is 0 Å². The van der Waals surface area contributed by atoms with Crippen molar-refractivity contribution in [3.8, 4) is 5.75 Å². The second kappa shape index (κ2) is 6.41. The molecular formula is C21H22N2O7.